The number of rotatable bonds is 6. The highest BCUT2D eigenvalue weighted by molar-refractivity contribution is 5.15. The molecule has 0 aliphatic heterocycles. The van der Waals surface area contributed by atoms with Crippen molar-refractivity contribution in [3.05, 3.63) is 24.0 Å². The Labute approximate surface area is 93.7 Å². The van der Waals surface area contributed by atoms with Gasteiger partial charge < -0.3 is 9.88 Å². The topological polar surface area (TPSA) is 17.0 Å². The molecule has 1 aromatic rings. The van der Waals surface area contributed by atoms with E-state index in [2.05, 4.69) is 56.0 Å². The van der Waals surface area contributed by atoms with Crippen LogP contribution in [0.5, 0.6) is 0 Å². The van der Waals surface area contributed by atoms with E-state index in [9.17, 15) is 0 Å². The van der Waals surface area contributed by atoms with Crippen molar-refractivity contribution in [3.63, 3.8) is 0 Å². The molecular weight excluding hydrogens is 184 g/mol. The molecule has 0 spiro atoms. The van der Waals surface area contributed by atoms with E-state index in [1.807, 2.05) is 0 Å². The standard InChI is InChI=1S/C13H24N2/c1-5-6-8-14-12(4)13-7-9-15(10-13)11(2)3/h7,9-12,14H,5-6,8H2,1-4H3/t12-/m1/s1. The quantitative estimate of drug-likeness (QED) is 0.708. The predicted molar refractivity (Wildman–Crippen MR) is 66.1 cm³/mol. The zero-order valence-corrected chi connectivity index (χ0v) is 10.5. The summed E-state index contributed by atoms with van der Waals surface area (Å²) >= 11 is 0. The first-order valence-electron chi connectivity index (χ1n) is 6.06. The van der Waals surface area contributed by atoms with Crippen LogP contribution in [0.15, 0.2) is 18.5 Å². The lowest BCUT2D eigenvalue weighted by atomic mass is 10.2. The maximum absolute atomic E-state index is 3.54. The van der Waals surface area contributed by atoms with Gasteiger partial charge in [-0.25, -0.2) is 0 Å². The molecular formula is C13H24N2. The second kappa shape index (κ2) is 5.96. The number of unbranched alkanes of at least 4 members (excludes halogenated alkanes) is 1. The van der Waals surface area contributed by atoms with E-state index >= 15 is 0 Å². The maximum Gasteiger partial charge on any atom is 0.0306 e. The summed E-state index contributed by atoms with van der Waals surface area (Å²) in [5, 5.41) is 3.54. The zero-order chi connectivity index (χ0) is 11.3. The van der Waals surface area contributed by atoms with Gasteiger partial charge in [-0.05, 0) is 45.4 Å². The molecule has 0 unspecified atom stereocenters. The van der Waals surface area contributed by atoms with Gasteiger partial charge in [0.05, 0.1) is 0 Å². The monoisotopic (exact) mass is 208 g/mol. The highest BCUT2D eigenvalue weighted by Gasteiger charge is 2.06. The van der Waals surface area contributed by atoms with Crippen LogP contribution >= 0.6 is 0 Å². The first kappa shape index (κ1) is 12.3. The Balaban J connectivity index is 2.47. The highest BCUT2D eigenvalue weighted by atomic mass is 15.0. The summed E-state index contributed by atoms with van der Waals surface area (Å²) in [5.41, 5.74) is 1.39. The third-order valence-electron chi connectivity index (χ3n) is 2.81. The van der Waals surface area contributed by atoms with Gasteiger partial charge in [0, 0.05) is 24.5 Å². The number of aromatic nitrogens is 1. The molecule has 0 fully saturated rings. The molecule has 1 N–H and O–H groups in total. The van der Waals surface area contributed by atoms with Crippen LogP contribution in [0.4, 0.5) is 0 Å². The molecule has 1 rings (SSSR count). The second-order valence-corrected chi connectivity index (χ2v) is 4.52. The molecule has 0 saturated carbocycles. The molecule has 0 aromatic carbocycles. The van der Waals surface area contributed by atoms with E-state index in [1.165, 1.54) is 18.4 Å². The van der Waals surface area contributed by atoms with E-state index in [1.54, 1.807) is 0 Å². The largest absolute Gasteiger partial charge is 0.351 e. The molecule has 0 amide bonds. The van der Waals surface area contributed by atoms with Gasteiger partial charge in [-0.1, -0.05) is 13.3 Å². The van der Waals surface area contributed by atoms with Gasteiger partial charge in [0.1, 0.15) is 0 Å². The number of nitrogens with one attached hydrogen (secondary N) is 1. The van der Waals surface area contributed by atoms with E-state index in [4.69, 9.17) is 0 Å². The Bertz CT molecular complexity index is 276. The Hall–Kier alpha value is -0.760. The molecule has 0 radical (unpaired) electrons. The van der Waals surface area contributed by atoms with Crippen molar-refractivity contribution in [2.45, 2.75) is 52.6 Å². The zero-order valence-electron chi connectivity index (χ0n) is 10.5. The first-order chi connectivity index (χ1) is 7.15. The molecule has 86 valence electrons. The van der Waals surface area contributed by atoms with Crippen molar-refractivity contribution in [2.24, 2.45) is 0 Å². The van der Waals surface area contributed by atoms with Crippen LogP contribution in [0.2, 0.25) is 0 Å². The van der Waals surface area contributed by atoms with E-state index in [-0.39, 0.29) is 0 Å². The van der Waals surface area contributed by atoms with Gasteiger partial charge in [-0.2, -0.15) is 0 Å². The normalized spacial score (nSPS) is 13.4. The van der Waals surface area contributed by atoms with Crippen LogP contribution < -0.4 is 5.32 Å². The molecule has 0 saturated heterocycles. The fourth-order valence-corrected chi connectivity index (χ4v) is 1.62. The van der Waals surface area contributed by atoms with Gasteiger partial charge >= 0.3 is 0 Å². The fraction of sp³-hybridized carbons (Fsp3) is 0.692. The smallest absolute Gasteiger partial charge is 0.0306 e. The summed E-state index contributed by atoms with van der Waals surface area (Å²) in [6.07, 6.45) is 6.92. The van der Waals surface area contributed by atoms with E-state index in [0.29, 0.717) is 12.1 Å². The molecule has 0 aliphatic rings. The molecule has 0 bridgehead atoms. The van der Waals surface area contributed by atoms with E-state index < -0.39 is 0 Å². The van der Waals surface area contributed by atoms with Gasteiger partial charge in [0.2, 0.25) is 0 Å². The van der Waals surface area contributed by atoms with Crippen molar-refractivity contribution in [1.82, 2.24) is 9.88 Å². The fourth-order valence-electron chi connectivity index (χ4n) is 1.62. The van der Waals surface area contributed by atoms with Crippen LogP contribution in [-0.2, 0) is 0 Å². The lowest BCUT2D eigenvalue weighted by Crippen LogP contribution is -2.19. The van der Waals surface area contributed by atoms with Crippen LogP contribution in [0.3, 0.4) is 0 Å². The van der Waals surface area contributed by atoms with Gasteiger partial charge in [0.25, 0.3) is 0 Å². The van der Waals surface area contributed by atoms with Gasteiger partial charge in [-0.15, -0.1) is 0 Å². The van der Waals surface area contributed by atoms with E-state index in [0.717, 1.165) is 6.54 Å². The molecule has 15 heavy (non-hydrogen) atoms. The summed E-state index contributed by atoms with van der Waals surface area (Å²) in [4.78, 5) is 0. The molecule has 2 heteroatoms. The minimum Gasteiger partial charge on any atom is -0.351 e. The SMILES string of the molecule is CCCCN[C@H](C)c1ccn(C(C)C)c1. The van der Waals surface area contributed by atoms with Crippen molar-refractivity contribution < 1.29 is 0 Å². The first-order valence-corrected chi connectivity index (χ1v) is 6.06. The van der Waals surface area contributed by atoms with Crippen LogP contribution in [0.25, 0.3) is 0 Å². The molecule has 1 atom stereocenters. The minimum absolute atomic E-state index is 0.469. The number of hydrogen-bond donors (Lipinski definition) is 1. The molecule has 1 heterocycles. The second-order valence-electron chi connectivity index (χ2n) is 4.52. The lowest BCUT2D eigenvalue weighted by Gasteiger charge is -2.12. The summed E-state index contributed by atoms with van der Waals surface area (Å²) in [6, 6.07) is 3.24. The lowest BCUT2D eigenvalue weighted by molar-refractivity contribution is 0.549. The Morgan fingerprint density at radius 1 is 1.33 bits per heavy atom. The van der Waals surface area contributed by atoms with Gasteiger partial charge in [0.15, 0.2) is 0 Å². The maximum atomic E-state index is 3.54. The van der Waals surface area contributed by atoms with Gasteiger partial charge in [-0.3, -0.25) is 0 Å². The van der Waals surface area contributed by atoms with Crippen molar-refractivity contribution in [2.75, 3.05) is 6.54 Å². The van der Waals surface area contributed by atoms with Crippen LogP contribution in [0, 0.1) is 0 Å². The molecule has 1 aromatic heterocycles. The average molecular weight is 208 g/mol. The van der Waals surface area contributed by atoms with Crippen LogP contribution in [0.1, 0.15) is 58.2 Å². The summed E-state index contributed by atoms with van der Waals surface area (Å²) in [6.45, 7) is 9.99. The van der Waals surface area contributed by atoms with Crippen molar-refractivity contribution in [3.8, 4) is 0 Å². The minimum atomic E-state index is 0.469. The summed E-state index contributed by atoms with van der Waals surface area (Å²) in [5.74, 6) is 0. The third-order valence-corrected chi connectivity index (χ3v) is 2.81. The molecule has 0 aliphatic carbocycles. The Kier molecular flexibility index (Phi) is 4.89. The summed E-state index contributed by atoms with van der Waals surface area (Å²) < 4.78 is 2.26. The predicted octanol–water partition coefficient (Wildman–Crippen LogP) is 3.52. The molecule has 2 nitrogen and oxygen atoms in total. The average Bonchev–Trinajstić information content (AvgIpc) is 2.66. The summed E-state index contributed by atoms with van der Waals surface area (Å²) in [7, 11) is 0. The number of hydrogen-bond acceptors (Lipinski definition) is 1. The van der Waals surface area contributed by atoms with Crippen molar-refractivity contribution >= 4 is 0 Å². The van der Waals surface area contributed by atoms with Crippen LogP contribution in [-0.4, -0.2) is 11.1 Å². The van der Waals surface area contributed by atoms with Crippen molar-refractivity contribution in [1.29, 1.82) is 0 Å². The third kappa shape index (κ3) is 3.71. The highest BCUT2D eigenvalue weighted by Crippen LogP contribution is 2.15. The Morgan fingerprint density at radius 3 is 2.60 bits per heavy atom. The number of nitrogens with zero attached hydrogens (tertiary/aromatic N) is 1. The Morgan fingerprint density at radius 2 is 2.07 bits per heavy atom.